The summed E-state index contributed by atoms with van der Waals surface area (Å²) in [6.45, 7) is 0. The molecular formula is C35H33Cl2I5LiO7-. The van der Waals surface area contributed by atoms with Crippen molar-refractivity contribution in [3.63, 3.8) is 0 Å². The molecule has 0 aromatic heterocycles. The Hall–Kier alpha value is 0.207. The number of carbonyl (C=O) groups is 2. The zero-order valence-electron chi connectivity index (χ0n) is 27.4. The number of hydrogen-bond donors (Lipinski definition) is 1. The van der Waals surface area contributed by atoms with Crippen LogP contribution in [0.2, 0.25) is 10.0 Å². The quantitative estimate of drug-likeness (QED) is 0.129. The van der Waals surface area contributed by atoms with Gasteiger partial charge in [-0.3, -0.25) is 0 Å². The van der Waals surface area contributed by atoms with Gasteiger partial charge in [0.25, 0.3) is 0 Å². The fourth-order valence-corrected chi connectivity index (χ4v) is 6.16. The van der Waals surface area contributed by atoms with Crippen LogP contribution in [-0.2, 0) is 4.74 Å². The summed E-state index contributed by atoms with van der Waals surface area (Å²) in [7, 11) is 4.64. The summed E-state index contributed by atoms with van der Waals surface area (Å²) in [5.74, 6) is 2.03. The van der Waals surface area contributed by atoms with Crippen LogP contribution >= 0.6 is 97.7 Å². The molecule has 6 rings (SSSR count). The maximum atomic E-state index is 11.4. The Kier molecular flexibility index (Phi) is 23.7. The molecule has 2 fully saturated rings. The second kappa shape index (κ2) is 24.6. The summed E-state index contributed by atoms with van der Waals surface area (Å²) in [5.41, 5.74) is 5.57. The number of carbonyl (C=O) groups excluding carboxylic acids is 1. The molecule has 0 bridgehead atoms. The zero-order valence-corrected chi connectivity index (χ0v) is 39.7. The average Bonchev–Trinajstić information content (AvgIpc) is 4.05. The number of aromatic carboxylic acids is 1. The van der Waals surface area contributed by atoms with Crippen molar-refractivity contribution in [2.75, 3.05) is 21.3 Å². The Morgan fingerprint density at radius 3 is 1.34 bits per heavy atom. The molecule has 0 aliphatic heterocycles. The molecule has 7 nitrogen and oxygen atoms in total. The molecule has 0 heterocycles. The third-order valence-corrected chi connectivity index (χ3v) is 8.80. The predicted octanol–water partition coefficient (Wildman–Crippen LogP) is 6.10. The Bertz CT molecular complexity index is 1670. The van der Waals surface area contributed by atoms with Crippen LogP contribution in [0.3, 0.4) is 0 Å². The molecule has 2 aliphatic rings. The molecule has 0 amide bonds. The summed E-state index contributed by atoms with van der Waals surface area (Å²) in [5, 5.41) is 10.4. The van der Waals surface area contributed by atoms with E-state index in [-0.39, 0.29) is 30.3 Å². The van der Waals surface area contributed by atoms with Gasteiger partial charge in [-0.1, -0.05) is 59.6 Å². The van der Waals surface area contributed by atoms with Crippen molar-refractivity contribution in [1.29, 1.82) is 0 Å². The monoisotopic (exact) mass is 1280 g/mol. The van der Waals surface area contributed by atoms with Crippen molar-refractivity contribution in [3.05, 3.63) is 128 Å². The molecule has 4 unspecified atom stereocenters. The van der Waals surface area contributed by atoms with E-state index >= 15 is 0 Å². The maximum Gasteiger partial charge on any atom is 1.00 e. The van der Waals surface area contributed by atoms with Gasteiger partial charge in [-0.05, 0) is 107 Å². The molecule has 0 spiro atoms. The summed E-state index contributed by atoms with van der Waals surface area (Å²) in [6.07, 6.45) is 2.11. The van der Waals surface area contributed by atoms with Crippen LogP contribution < -0.4 is 41.6 Å². The molecule has 4 aromatic carbocycles. The normalized spacial score (nSPS) is 17.6. The standard InChI is InChI=1S/C18H17ClO3.C17H15ClO3.I3.I2.Li.H2O/c1-21-13-7-8-14(17(19)9-13)16-10-15(16)11-3-5-12(6-4-11)18(20)22-2;1-21-12-6-7-13(16(18)8-12)15-9-14(15)10-2-4-11(5-3-10)17(19)20;1-3-2;1-2;;/h3-9,15-16H,10H2,1-2H3;2-8,14-15H,9H2,1H3,(H,19,20);;;;1H2/q;;-1;;+1;/p-1. The Balaban J connectivity index is 0.000000428. The first-order chi connectivity index (χ1) is 23.1. The van der Waals surface area contributed by atoms with E-state index in [1.165, 1.54) is 12.7 Å². The molecule has 4 atom stereocenters. The van der Waals surface area contributed by atoms with E-state index in [0.29, 0.717) is 48.1 Å². The molecule has 2 saturated carbocycles. The number of methoxy groups -OCH3 is 3. The summed E-state index contributed by atoms with van der Waals surface area (Å²) < 4.78 is 15.0. The first kappa shape index (κ1) is 48.2. The van der Waals surface area contributed by atoms with Crippen LogP contribution in [0.4, 0.5) is 0 Å². The second-order valence-corrected chi connectivity index (χ2v) is 27.8. The van der Waals surface area contributed by atoms with Gasteiger partial charge in [0.1, 0.15) is 11.5 Å². The van der Waals surface area contributed by atoms with E-state index in [4.69, 9.17) is 42.5 Å². The Labute approximate surface area is 368 Å². The van der Waals surface area contributed by atoms with Crippen LogP contribution in [0.25, 0.3) is 0 Å². The van der Waals surface area contributed by atoms with Gasteiger partial charge in [0.15, 0.2) is 0 Å². The van der Waals surface area contributed by atoms with Gasteiger partial charge in [-0.2, -0.15) is 0 Å². The summed E-state index contributed by atoms with van der Waals surface area (Å²) in [4.78, 5) is 22.3. The van der Waals surface area contributed by atoms with Crippen LogP contribution in [0, 0.1) is 0 Å². The van der Waals surface area contributed by atoms with Gasteiger partial charge in [0, 0.05) is 47.3 Å². The number of carboxylic acids is 1. The molecule has 2 aliphatic carbocycles. The third-order valence-electron chi connectivity index (χ3n) is 8.14. The van der Waals surface area contributed by atoms with E-state index in [1.807, 2.05) is 72.8 Å². The van der Waals surface area contributed by atoms with Gasteiger partial charge in [-0.15, -0.1) is 0 Å². The second-order valence-electron chi connectivity index (χ2n) is 10.8. The largest absolute Gasteiger partial charge is 1.00 e. The number of esters is 1. The predicted molar refractivity (Wildman–Crippen MR) is 225 cm³/mol. The zero-order chi connectivity index (χ0) is 35.4. The summed E-state index contributed by atoms with van der Waals surface area (Å²) in [6, 6.07) is 26.3. The van der Waals surface area contributed by atoms with Gasteiger partial charge in [-0.25, -0.2) is 9.59 Å². The fraction of sp³-hybridized carbons (Fsp3) is 0.257. The van der Waals surface area contributed by atoms with E-state index in [0.717, 1.165) is 51.1 Å². The molecule has 15 heteroatoms. The number of halogens is 7. The Morgan fingerprint density at radius 1 is 0.680 bits per heavy atom. The SMILES string of the molecule is COC(=O)c1ccc(C2CC2c2ccc(OC)cc2Cl)cc1.COc1ccc(C2CC2c2ccc(C(=O)O)cc2)c(Cl)c1.II.I[I-]I.[Li+].[OH-]. The maximum absolute atomic E-state index is 11.4. The third kappa shape index (κ3) is 13.8. The number of ether oxygens (including phenoxy) is 3. The van der Waals surface area contributed by atoms with E-state index in [1.54, 1.807) is 26.4 Å². The molecular weight excluding hydrogens is 1240 g/mol. The van der Waals surface area contributed by atoms with Crippen molar-refractivity contribution in [3.8, 4) is 11.5 Å². The molecule has 266 valence electrons. The van der Waals surface area contributed by atoms with E-state index in [9.17, 15) is 9.59 Å². The van der Waals surface area contributed by atoms with Crippen molar-refractivity contribution in [2.24, 2.45) is 0 Å². The fourth-order valence-electron chi connectivity index (χ4n) is 5.54. The molecule has 0 saturated heterocycles. The number of hydrogen-bond acceptors (Lipinski definition) is 6. The van der Waals surface area contributed by atoms with Crippen LogP contribution in [-0.4, -0.2) is 43.9 Å². The van der Waals surface area contributed by atoms with Crippen molar-refractivity contribution >= 4 is 110 Å². The first-order valence-corrected chi connectivity index (χ1v) is 34.0. The van der Waals surface area contributed by atoms with Crippen molar-refractivity contribution in [2.45, 2.75) is 36.5 Å². The van der Waals surface area contributed by atoms with Gasteiger partial charge < -0.3 is 24.8 Å². The number of rotatable bonds is 8. The molecule has 4 aromatic rings. The molecule has 50 heavy (non-hydrogen) atoms. The Morgan fingerprint density at radius 2 is 1.04 bits per heavy atom. The van der Waals surface area contributed by atoms with E-state index in [2.05, 4.69) is 74.5 Å². The average molecular weight is 1280 g/mol. The number of benzene rings is 4. The minimum absolute atomic E-state index is 0. The minimum Gasteiger partial charge on any atom is -0.870 e. The van der Waals surface area contributed by atoms with Gasteiger partial charge in [0.05, 0.1) is 32.5 Å². The van der Waals surface area contributed by atoms with Crippen LogP contribution in [0.5, 0.6) is 11.5 Å². The van der Waals surface area contributed by atoms with E-state index < -0.39 is 5.97 Å². The molecule has 0 radical (unpaired) electrons. The first-order valence-electron chi connectivity index (χ1n) is 14.3. The van der Waals surface area contributed by atoms with Crippen LogP contribution in [0.15, 0.2) is 84.9 Å². The smallest absolute Gasteiger partial charge is 0.870 e. The molecule has 2 N–H and O–H groups in total. The van der Waals surface area contributed by atoms with Gasteiger partial charge >= 0.3 is 81.3 Å². The van der Waals surface area contributed by atoms with Crippen molar-refractivity contribution < 1.29 is 66.5 Å². The number of carboxylic acid groups (broad SMARTS) is 1. The van der Waals surface area contributed by atoms with Crippen LogP contribution in [0.1, 0.15) is 79.5 Å². The van der Waals surface area contributed by atoms with Gasteiger partial charge in [0.2, 0.25) is 0 Å². The topological polar surface area (TPSA) is 112 Å². The summed E-state index contributed by atoms with van der Waals surface area (Å²) >= 11 is 22.2. The van der Waals surface area contributed by atoms with Crippen molar-refractivity contribution in [1.82, 2.24) is 0 Å². The minimum atomic E-state index is -0.896.